The van der Waals surface area contributed by atoms with E-state index >= 15 is 0 Å². The number of nitrogens with one attached hydrogen (secondary N) is 1. The molecule has 5 heteroatoms. The van der Waals surface area contributed by atoms with Gasteiger partial charge in [0.1, 0.15) is 5.82 Å². The van der Waals surface area contributed by atoms with Crippen molar-refractivity contribution in [3.8, 4) is 0 Å². The Labute approximate surface area is 121 Å². The van der Waals surface area contributed by atoms with Gasteiger partial charge >= 0.3 is 0 Å². The minimum atomic E-state index is -0.303. The van der Waals surface area contributed by atoms with E-state index in [1.807, 2.05) is 25.1 Å². The number of benzene rings is 1. The van der Waals surface area contributed by atoms with Crippen molar-refractivity contribution in [3.63, 3.8) is 0 Å². The zero-order chi connectivity index (χ0) is 14.4. The first kappa shape index (κ1) is 14.5. The minimum absolute atomic E-state index is 0.142. The first-order valence-electron chi connectivity index (χ1n) is 6.24. The largest absolute Gasteiger partial charge is 0.347 e. The van der Waals surface area contributed by atoms with E-state index in [1.54, 1.807) is 24.4 Å². The predicted molar refractivity (Wildman–Crippen MR) is 77.9 cm³/mol. The molecule has 104 valence electrons. The molecule has 20 heavy (non-hydrogen) atoms. The van der Waals surface area contributed by atoms with Gasteiger partial charge in [0.05, 0.1) is 17.5 Å². The molecule has 0 aliphatic heterocycles. The Bertz CT molecular complexity index is 577. The van der Waals surface area contributed by atoms with Crippen LogP contribution in [0, 0.1) is 5.82 Å². The number of halogens is 1. The monoisotopic (exact) mass is 290 g/mol. The normalized spacial score (nSPS) is 11.9. The summed E-state index contributed by atoms with van der Waals surface area (Å²) in [5, 5.41) is 2.84. The Morgan fingerprint density at radius 3 is 2.75 bits per heavy atom. The standard InChI is InChI=1S/C15H15FN2OS/c1-11(13-7-4-5-9-17-13)18-15(19)10-20-14-8-3-2-6-12(14)16/h2-9,11H,10H2,1H3,(H,18,19). The Kier molecular flexibility index (Phi) is 5.12. The summed E-state index contributed by atoms with van der Waals surface area (Å²) < 4.78 is 13.4. The summed E-state index contributed by atoms with van der Waals surface area (Å²) in [5.74, 6) is -0.266. The number of amides is 1. The van der Waals surface area contributed by atoms with E-state index in [0.29, 0.717) is 4.90 Å². The van der Waals surface area contributed by atoms with Crippen LogP contribution in [-0.4, -0.2) is 16.6 Å². The van der Waals surface area contributed by atoms with Crippen LogP contribution in [-0.2, 0) is 4.79 Å². The molecule has 2 rings (SSSR count). The van der Waals surface area contributed by atoms with Gasteiger partial charge in [-0.25, -0.2) is 4.39 Å². The van der Waals surface area contributed by atoms with Crippen molar-refractivity contribution in [1.29, 1.82) is 0 Å². The Morgan fingerprint density at radius 1 is 1.30 bits per heavy atom. The lowest BCUT2D eigenvalue weighted by molar-refractivity contribution is -0.119. The molecule has 1 heterocycles. The Morgan fingerprint density at radius 2 is 2.05 bits per heavy atom. The molecule has 2 aromatic rings. The van der Waals surface area contributed by atoms with Crippen LogP contribution in [0.15, 0.2) is 53.6 Å². The molecule has 1 unspecified atom stereocenters. The van der Waals surface area contributed by atoms with Crippen LogP contribution in [0.3, 0.4) is 0 Å². The minimum Gasteiger partial charge on any atom is -0.347 e. The van der Waals surface area contributed by atoms with Crippen LogP contribution in [0.25, 0.3) is 0 Å². The van der Waals surface area contributed by atoms with Gasteiger partial charge in [0.25, 0.3) is 0 Å². The molecule has 0 spiro atoms. The number of nitrogens with zero attached hydrogens (tertiary/aromatic N) is 1. The van der Waals surface area contributed by atoms with E-state index < -0.39 is 0 Å². The quantitative estimate of drug-likeness (QED) is 0.860. The molecule has 0 aliphatic carbocycles. The molecular formula is C15H15FN2OS. The van der Waals surface area contributed by atoms with Crippen molar-refractivity contribution in [2.24, 2.45) is 0 Å². The summed E-state index contributed by atoms with van der Waals surface area (Å²) in [6.07, 6.45) is 1.69. The topological polar surface area (TPSA) is 42.0 Å². The van der Waals surface area contributed by atoms with E-state index in [9.17, 15) is 9.18 Å². The van der Waals surface area contributed by atoms with Crippen molar-refractivity contribution in [3.05, 3.63) is 60.2 Å². The van der Waals surface area contributed by atoms with Gasteiger partial charge in [0.15, 0.2) is 0 Å². The van der Waals surface area contributed by atoms with Gasteiger partial charge in [-0.05, 0) is 31.2 Å². The zero-order valence-corrected chi connectivity index (χ0v) is 11.9. The number of carbonyl (C=O) groups excluding carboxylic acids is 1. The third-order valence-corrected chi connectivity index (χ3v) is 3.75. The van der Waals surface area contributed by atoms with Crippen LogP contribution >= 0.6 is 11.8 Å². The Hall–Kier alpha value is -1.88. The van der Waals surface area contributed by atoms with Crippen LogP contribution in [0.5, 0.6) is 0 Å². The first-order valence-corrected chi connectivity index (χ1v) is 7.23. The summed E-state index contributed by atoms with van der Waals surface area (Å²) in [7, 11) is 0. The highest BCUT2D eigenvalue weighted by Gasteiger charge is 2.11. The summed E-state index contributed by atoms with van der Waals surface area (Å²) in [4.78, 5) is 16.5. The van der Waals surface area contributed by atoms with Crippen LogP contribution < -0.4 is 5.32 Å². The van der Waals surface area contributed by atoms with E-state index in [4.69, 9.17) is 0 Å². The number of hydrogen-bond donors (Lipinski definition) is 1. The smallest absolute Gasteiger partial charge is 0.230 e. The molecule has 1 aromatic carbocycles. The highest BCUT2D eigenvalue weighted by atomic mass is 32.2. The molecule has 1 N–H and O–H groups in total. The second-order valence-electron chi connectivity index (χ2n) is 4.26. The highest BCUT2D eigenvalue weighted by molar-refractivity contribution is 8.00. The number of carbonyl (C=O) groups is 1. The van der Waals surface area contributed by atoms with E-state index in [-0.39, 0.29) is 23.5 Å². The molecule has 1 amide bonds. The van der Waals surface area contributed by atoms with Crippen molar-refractivity contribution in [2.45, 2.75) is 17.9 Å². The second kappa shape index (κ2) is 7.05. The molecule has 1 atom stereocenters. The van der Waals surface area contributed by atoms with Gasteiger partial charge in [-0.3, -0.25) is 9.78 Å². The van der Waals surface area contributed by atoms with E-state index in [0.717, 1.165) is 5.69 Å². The fraction of sp³-hybridized carbons (Fsp3) is 0.200. The van der Waals surface area contributed by atoms with Crippen LogP contribution in [0.2, 0.25) is 0 Å². The van der Waals surface area contributed by atoms with Gasteiger partial charge in [0, 0.05) is 11.1 Å². The number of pyridine rings is 1. The molecule has 0 aliphatic rings. The predicted octanol–water partition coefficient (Wildman–Crippen LogP) is 3.19. The van der Waals surface area contributed by atoms with Crippen molar-refractivity contribution >= 4 is 17.7 Å². The first-order chi connectivity index (χ1) is 9.66. The molecule has 3 nitrogen and oxygen atoms in total. The van der Waals surface area contributed by atoms with E-state index in [1.165, 1.54) is 17.8 Å². The number of thioether (sulfide) groups is 1. The van der Waals surface area contributed by atoms with E-state index in [2.05, 4.69) is 10.3 Å². The average molecular weight is 290 g/mol. The maximum atomic E-state index is 13.4. The molecule has 1 aromatic heterocycles. The molecule has 0 bridgehead atoms. The number of hydrogen-bond acceptors (Lipinski definition) is 3. The summed E-state index contributed by atoms with van der Waals surface area (Å²) in [6.45, 7) is 1.87. The van der Waals surface area contributed by atoms with Gasteiger partial charge in [-0.2, -0.15) is 0 Å². The molecule has 0 radical (unpaired) electrons. The molecule has 0 saturated carbocycles. The fourth-order valence-corrected chi connectivity index (χ4v) is 2.44. The highest BCUT2D eigenvalue weighted by Crippen LogP contribution is 2.21. The maximum absolute atomic E-state index is 13.4. The van der Waals surface area contributed by atoms with Crippen LogP contribution in [0.1, 0.15) is 18.7 Å². The molecule has 0 fully saturated rings. The van der Waals surface area contributed by atoms with Crippen molar-refractivity contribution in [1.82, 2.24) is 10.3 Å². The Balaban J connectivity index is 1.86. The lowest BCUT2D eigenvalue weighted by Gasteiger charge is -2.13. The lowest BCUT2D eigenvalue weighted by Crippen LogP contribution is -2.28. The third kappa shape index (κ3) is 4.06. The van der Waals surface area contributed by atoms with Gasteiger partial charge in [-0.15, -0.1) is 11.8 Å². The molecule has 0 saturated heterocycles. The zero-order valence-electron chi connectivity index (χ0n) is 11.0. The lowest BCUT2D eigenvalue weighted by atomic mass is 10.2. The summed E-state index contributed by atoms with van der Waals surface area (Å²) in [6, 6.07) is 11.8. The fourth-order valence-electron chi connectivity index (χ4n) is 1.69. The van der Waals surface area contributed by atoms with Crippen molar-refractivity contribution in [2.75, 3.05) is 5.75 Å². The molecular weight excluding hydrogens is 275 g/mol. The summed E-state index contributed by atoms with van der Waals surface area (Å²) >= 11 is 1.18. The van der Waals surface area contributed by atoms with Crippen molar-refractivity contribution < 1.29 is 9.18 Å². The van der Waals surface area contributed by atoms with Gasteiger partial charge in [0.2, 0.25) is 5.91 Å². The number of aromatic nitrogens is 1. The second-order valence-corrected chi connectivity index (χ2v) is 5.28. The average Bonchev–Trinajstić information content (AvgIpc) is 2.47. The van der Waals surface area contributed by atoms with Gasteiger partial charge in [-0.1, -0.05) is 18.2 Å². The van der Waals surface area contributed by atoms with Crippen LogP contribution in [0.4, 0.5) is 4.39 Å². The third-order valence-electron chi connectivity index (χ3n) is 2.70. The SMILES string of the molecule is CC(NC(=O)CSc1ccccc1F)c1ccccn1. The van der Waals surface area contributed by atoms with Gasteiger partial charge < -0.3 is 5.32 Å². The maximum Gasteiger partial charge on any atom is 0.230 e. The number of rotatable bonds is 5. The summed E-state index contributed by atoms with van der Waals surface area (Å²) in [5.41, 5.74) is 0.803.